The molecular formula is C22H30N2O. The van der Waals surface area contributed by atoms with E-state index in [9.17, 15) is 4.79 Å². The molecule has 0 bridgehead atoms. The predicted octanol–water partition coefficient (Wildman–Crippen LogP) is 4.56. The molecular weight excluding hydrogens is 308 g/mol. The highest BCUT2D eigenvalue weighted by atomic mass is 16.2. The average molecular weight is 338 g/mol. The maximum atomic E-state index is 13.0. The molecule has 1 aromatic carbocycles. The van der Waals surface area contributed by atoms with Gasteiger partial charge in [-0.1, -0.05) is 36.8 Å². The number of aromatic nitrogens is 1. The van der Waals surface area contributed by atoms with Gasteiger partial charge in [0.15, 0.2) is 0 Å². The molecule has 1 aliphatic rings. The van der Waals surface area contributed by atoms with Crippen LogP contribution in [0.5, 0.6) is 0 Å². The first-order valence-electron chi connectivity index (χ1n) is 9.58. The number of hydrogen-bond acceptors (Lipinski definition) is 1. The lowest BCUT2D eigenvalue weighted by molar-refractivity contribution is 0.0929. The van der Waals surface area contributed by atoms with Gasteiger partial charge in [0, 0.05) is 18.3 Å². The van der Waals surface area contributed by atoms with Crippen molar-refractivity contribution in [2.24, 2.45) is 0 Å². The molecule has 1 heterocycles. The minimum Gasteiger partial charge on any atom is -0.348 e. The molecule has 2 aromatic rings. The number of carbonyl (C=O) groups is 1. The standard InChI is InChI=1S/C22H30N2O/c1-5-16(3)23-22(25)21-17(4)19-11-6-7-12-20(19)24(21)14-18-10-8-9-15(2)13-18/h8-10,13,16H,5-7,11-12,14H2,1-4H3,(H,23,25)/t16-/m1/s1. The molecule has 0 radical (unpaired) electrons. The molecule has 3 rings (SSSR count). The van der Waals surface area contributed by atoms with Crippen LogP contribution in [-0.2, 0) is 19.4 Å². The summed E-state index contributed by atoms with van der Waals surface area (Å²) in [4.78, 5) is 13.0. The number of fused-ring (bicyclic) bond motifs is 1. The second-order valence-corrected chi connectivity index (χ2v) is 7.46. The van der Waals surface area contributed by atoms with Gasteiger partial charge in [0.2, 0.25) is 0 Å². The highest BCUT2D eigenvalue weighted by Crippen LogP contribution is 2.30. The Bertz CT molecular complexity index is 773. The monoisotopic (exact) mass is 338 g/mol. The molecule has 1 amide bonds. The Balaban J connectivity index is 2.03. The molecule has 3 nitrogen and oxygen atoms in total. The third kappa shape index (κ3) is 3.65. The van der Waals surface area contributed by atoms with E-state index >= 15 is 0 Å². The van der Waals surface area contributed by atoms with Crippen LogP contribution in [-0.4, -0.2) is 16.5 Å². The lowest BCUT2D eigenvalue weighted by Gasteiger charge is -2.18. The number of aryl methyl sites for hydroxylation is 1. The molecule has 0 saturated carbocycles. The van der Waals surface area contributed by atoms with E-state index in [0.29, 0.717) is 0 Å². The lowest BCUT2D eigenvalue weighted by Crippen LogP contribution is -2.34. The van der Waals surface area contributed by atoms with Crippen molar-refractivity contribution in [3.8, 4) is 0 Å². The highest BCUT2D eigenvalue weighted by molar-refractivity contribution is 5.95. The molecule has 1 aliphatic carbocycles. The van der Waals surface area contributed by atoms with E-state index in [4.69, 9.17) is 0 Å². The second kappa shape index (κ2) is 7.47. The first-order valence-corrected chi connectivity index (χ1v) is 9.58. The molecule has 134 valence electrons. The molecule has 0 aliphatic heterocycles. The molecule has 0 saturated heterocycles. The van der Waals surface area contributed by atoms with Gasteiger partial charge in [-0.3, -0.25) is 4.79 Å². The van der Waals surface area contributed by atoms with Crippen LogP contribution < -0.4 is 5.32 Å². The third-order valence-corrected chi connectivity index (χ3v) is 5.47. The van der Waals surface area contributed by atoms with Crippen molar-refractivity contribution in [2.45, 2.75) is 72.4 Å². The van der Waals surface area contributed by atoms with E-state index in [-0.39, 0.29) is 11.9 Å². The minimum atomic E-state index is 0.0777. The Labute approximate surface area is 151 Å². The van der Waals surface area contributed by atoms with Crippen LogP contribution in [0.15, 0.2) is 24.3 Å². The van der Waals surface area contributed by atoms with Crippen LogP contribution in [0.1, 0.15) is 71.5 Å². The van der Waals surface area contributed by atoms with Gasteiger partial charge < -0.3 is 9.88 Å². The Morgan fingerprint density at radius 3 is 2.72 bits per heavy atom. The number of hydrogen-bond donors (Lipinski definition) is 1. The van der Waals surface area contributed by atoms with Crippen molar-refractivity contribution in [2.75, 3.05) is 0 Å². The van der Waals surface area contributed by atoms with Crippen LogP contribution in [0.25, 0.3) is 0 Å². The van der Waals surface area contributed by atoms with E-state index in [2.05, 4.69) is 61.8 Å². The highest BCUT2D eigenvalue weighted by Gasteiger charge is 2.26. The van der Waals surface area contributed by atoms with E-state index in [0.717, 1.165) is 31.5 Å². The van der Waals surface area contributed by atoms with Crippen LogP contribution in [0, 0.1) is 13.8 Å². The van der Waals surface area contributed by atoms with Crippen LogP contribution in [0.4, 0.5) is 0 Å². The van der Waals surface area contributed by atoms with Crippen molar-refractivity contribution in [3.05, 3.63) is 57.9 Å². The van der Waals surface area contributed by atoms with Crippen molar-refractivity contribution < 1.29 is 4.79 Å². The maximum absolute atomic E-state index is 13.0. The van der Waals surface area contributed by atoms with Gasteiger partial charge in [-0.15, -0.1) is 0 Å². The molecule has 1 aromatic heterocycles. The zero-order valence-corrected chi connectivity index (χ0v) is 16.0. The first-order chi connectivity index (χ1) is 12.0. The fraction of sp³-hybridized carbons (Fsp3) is 0.500. The molecule has 0 unspecified atom stereocenters. The van der Waals surface area contributed by atoms with Crippen molar-refractivity contribution in [1.82, 2.24) is 9.88 Å². The Morgan fingerprint density at radius 2 is 2.00 bits per heavy atom. The Morgan fingerprint density at radius 1 is 1.24 bits per heavy atom. The predicted molar refractivity (Wildman–Crippen MR) is 103 cm³/mol. The van der Waals surface area contributed by atoms with E-state index in [1.165, 1.54) is 40.8 Å². The van der Waals surface area contributed by atoms with E-state index in [1.54, 1.807) is 0 Å². The second-order valence-electron chi connectivity index (χ2n) is 7.46. The van der Waals surface area contributed by atoms with Gasteiger partial charge in [-0.05, 0) is 69.6 Å². The summed E-state index contributed by atoms with van der Waals surface area (Å²) in [6.45, 7) is 9.20. The minimum absolute atomic E-state index is 0.0777. The fourth-order valence-electron chi connectivity index (χ4n) is 3.93. The fourth-order valence-corrected chi connectivity index (χ4v) is 3.93. The summed E-state index contributed by atoms with van der Waals surface area (Å²) < 4.78 is 2.29. The van der Waals surface area contributed by atoms with Gasteiger partial charge in [0.1, 0.15) is 5.69 Å². The quantitative estimate of drug-likeness (QED) is 0.852. The Hall–Kier alpha value is -2.03. The molecule has 25 heavy (non-hydrogen) atoms. The van der Waals surface area contributed by atoms with Crippen LogP contribution >= 0.6 is 0 Å². The van der Waals surface area contributed by atoms with E-state index in [1.807, 2.05) is 0 Å². The summed E-state index contributed by atoms with van der Waals surface area (Å²) in [5, 5.41) is 3.17. The smallest absolute Gasteiger partial charge is 0.268 e. The summed E-state index contributed by atoms with van der Waals surface area (Å²) in [7, 11) is 0. The summed E-state index contributed by atoms with van der Waals surface area (Å²) in [5.74, 6) is 0.0777. The van der Waals surface area contributed by atoms with E-state index < -0.39 is 0 Å². The molecule has 1 N–H and O–H groups in total. The molecule has 0 spiro atoms. The van der Waals surface area contributed by atoms with Gasteiger partial charge in [-0.25, -0.2) is 0 Å². The summed E-state index contributed by atoms with van der Waals surface area (Å²) in [6.07, 6.45) is 5.58. The van der Waals surface area contributed by atoms with Crippen LogP contribution in [0.3, 0.4) is 0 Å². The largest absolute Gasteiger partial charge is 0.348 e. The average Bonchev–Trinajstić information content (AvgIpc) is 2.87. The lowest BCUT2D eigenvalue weighted by atomic mass is 9.95. The SMILES string of the molecule is CC[C@@H](C)NC(=O)c1c(C)c2c(n1Cc1cccc(C)c1)CCCC2. The third-order valence-electron chi connectivity index (χ3n) is 5.47. The zero-order valence-electron chi connectivity index (χ0n) is 16.0. The van der Waals surface area contributed by atoms with Gasteiger partial charge >= 0.3 is 0 Å². The number of carbonyl (C=O) groups excluding carboxylic acids is 1. The van der Waals surface area contributed by atoms with Gasteiger partial charge in [0.25, 0.3) is 5.91 Å². The van der Waals surface area contributed by atoms with Gasteiger partial charge in [0.05, 0.1) is 0 Å². The van der Waals surface area contributed by atoms with Crippen molar-refractivity contribution >= 4 is 5.91 Å². The zero-order chi connectivity index (χ0) is 18.0. The number of rotatable bonds is 5. The van der Waals surface area contributed by atoms with Gasteiger partial charge in [-0.2, -0.15) is 0 Å². The number of nitrogens with one attached hydrogen (secondary N) is 1. The Kier molecular flexibility index (Phi) is 5.31. The number of nitrogens with zero attached hydrogens (tertiary/aromatic N) is 1. The number of benzene rings is 1. The maximum Gasteiger partial charge on any atom is 0.268 e. The topological polar surface area (TPSA) is 34.0 Å². The van der Waals surface area contributed by atoms with Crippen LogP contribution in [0.2, 0.25) is 0 Å². The molecule has 0 fully saturated rings. The summed E-state index contributed by atoms with van der Waals surface area (Å²) >= 11 is 0. The molecule has 3 heteroatoms. The van der Waals surface area contributed by atoms with Crippen molar-refractivity contribution in [3.63, 3.8) is 0 Å². The first kappa shape index (κ1) is 17.8. The summed E-state index contributed by atoms with van der Waals surface area (Å²) in [5.41, 5.74) is 7.37. The van der Waals surface area contributed by atoms with Crippen molar-refractivity contribution in [1.29, 1.82) is 0 Å². The molecule has 1 atom stereocenters. The summed E-state index contributed by atoms with van der Waals surface area (Å²) in [6, 6.07) is 8.81. The normalized spacial score (nSPS) is 14.9. The number of amides is 1.